The summed E-state index contributed by atoms with van der Waals surface area (Å²) >= 11 is 6.03. The standard InChI is InChI=1S/C18H20ClNO4/c1-20(11-12-24-15-9-5-4-8-14(15)19)18(21)13-7-6-10-16(22-2)17(13)23-3/h4-10H,11-12H2,1-3H3. The van der Waals surface area contributed by atoms with Gasteiger partial charge in [-0.15, -0.1) is 0 Å². The average Bonchev–Trinajstić information content (AvgIpc) is 2.61. The fraction of sp³-hybridized carbons (Fsp3) is 0.278. The summed E-state index contributed by atoms with van der Waals surface area (Å²) < 4.78 is 16.1. The Morgan fingerprint density at radius 1 is 1.04 bits per heavy atom. The first-order chi connectivity index (χ1) is 11.6. The molecule has 0 saturated heterocycles. The summed E-state index contributed by atoms with van der Waals surface area (Å²) in [6.45, 7) is 0.739. The second-order valence-corrected chi connectivity index (χ2v) is 5.45. The van der Waals surface area contributed by atoms with E-state index in [1.807, 2.05) is 12.1 Å². The second-order valence-electron chi connectivity index (χ2n) is 5.05. The van der Waals surface area contributed by atoms with Crippen LogP contribution in [0.15, 0.2) is 42.5 Å². The molecule has 6 heteroatoms. The number of carbonyl (C=O) groups is 1. The average molecular weight is 350 g/mol. The maximum Gasteiger partial charge on any atom is 0.257 e. The number of methoxy groups -OCH3 is 2. The predicted octanol–water partition coefficient (Wildman–Crippen LogP) is 3.51. The van der Waals surface area contributed by atoms with Gasteiger partial charge in [0.2, 0.25) is 0 Å². The largest absolute Gasteiger partial charge is 0.493 e. The highest BCUT2D eigenvalue weighted by molar-refractivity contribution is 6.32. The van der Waals surface area contributed by atoms with Gasteiger partial charge in [-0.3, -0.25) is 4.79 Å². The summed E-state index contributed by atoms with van der Waals surface area (Å²) in [6, 6.07) is 12.4. The smallest absolute Gasteiger partial charge is 0.257 e. The summed E-state index contributed by atoms with van der Waals surface area (Å²) in [5, 5.41) is 0.543. The third-order valence-electron chi connectivity index (χ3n) is 3.50. The number of likely N-dealkylation sites (N-methyl/N-ethyl adjacent to an activating group) is 1. The molecule has 0 unspecified atom stereocenters. The molecule has 0 aliphatic rings. The van der Waals surface area contributed by atoms with E-state index >= 15 is 0 Å². The van der Waals surface area contributed by atoms with Gasteiger partial charge in [-0.2, -0.15) is 0 Å². The Balaban J connectivity index is 2.01. The molecular weight excluding hydrogens is 330 g/mol. The van der Waals surface area contributed by atoms with Gasteiger partial charge in [0.25, 0.3) is 5.91 Å². The molecule has 0 radical (unpaired) electrons. The van der Waals surface area contributed by atoms with Crippen molar-refractivity contribution in [2.75, 3.05) is 34.4 Å². The van der Waals surface area contributed by atoms with Crippen molar-refractivity contribution in [3.63, 3.8) is 0 Å². The molecular formula is C18H20ClNO4. The van der Waals surface area contributed by atoms with Crippen molar-refractivity contribution >= 4 is 17.5 Å². The lowest BCUT2D eigenvalue weighted by Crippen LogP contribution is -2.31. The molecule has 0 aliphatic carbocycles. The highest BCUT2D eigenvalue weighted by Crippen LogP contribution is 2.31. The minimum absolute atomic E-state index is 0.173. The Hall–Kier alpha value is -2.40. The van der Waals surface area contributed by atoms with Crippen molar-refractivity contribution < 1.29 is 19.0 Å². The Morgan fingerprint density at radius 3 is 2.42 bits per heavy atom. The number of rotatable bonds is 7. The number of benzene rings is 2. The van der Waals surface area contributed by atoms with Crippen LogP contribution in [0.3, 0.4) is 0 Å². The van der Waals surface area contributed by atoms with Crippen LogP contribution in [0.2, 0.25) is 5.02 Å². The van der Waals surface area contributed by atoms with Crippen molar-refractivity contribution in [1.29, 1.82) is 0 Å². The number of amides is 1. The molecule has 0 atom stereocenters. The van der Waals surface area contributed by atoms with E-state index in [1.54, 1.807) is 42.3 Å². The van der Waals surface area contributed by atoms with Crippen LogP contribution in [0.5, 0.6) is 17.2 Å². The van der Waals surface area contributed by atoms with Crippen molar-refractivity contribution in [1.82, 2.24) is 4.90 Å². The SMILES string of the molecule is COc1cccc(C(=O)N(C)CCOc2ccccc2Cl)c1OC. The quantitative estimate of drug-likeness (QED) is 0.767. The molecule has 0 fully saturated rings. The Morgan fingerprint density at radius 2 is 1.75 bits per heavy atom. The first-order valence-corrected chi connectivity index (χ1v) is 7.80. The lowest BCUT2D eigenvalue weighted by Gasteiger charge is -2.20. The van der Waals surface area contributed by atoms with Gasteiger partial charge >= 0.3 is 0 Å². The zero-order valence-corrected chi connectivity index (χ0v) is 14.7. The molecule has 5 nitrogen and oxygen atoms in total. The molecule has 1 amide bonds. The maximum atomic E-state index is 12.6. The molecule has 0 bridgehead atoms. The number of ether oxygens (including phenoxy) is 3. The van der Waals surface area contributed by atoms with Crippen molar-refractivity contribution in [2.24, 2.45) is 0 Å². The van der Waals surface area contributed by atoms with E-state index in [9.17, 15) is 4.79 Å². The molecule has 2 aromatic rings. The van der Waals surface area contributed by atoms with Gasteiger partial charge in [0, 0.05) is 7.05 Å². The molecule has 24 heavy (non-hydrogen) atoms. The second kappa shape index (κ2) is 8.45. The highest BCUT2D eigenvalue weighted by Gasteiger charge is 2.19. The number of nitrogens with zero attached hydrogens (tertiary/aromatic N) is 1. The third-order valence-corrected chi connectivity index (χ3v) is 3.81. The fourth-order valence-electron chi connectivity index (χ4n) is 2.22. The molecule has 128 valence electrons. The topological polar surface area (TPSA) is 48.0 Å². The molecule has 2 aromatic carbocycles. The molecule has 0 N–H and O–H groups in total. The van der Waals surface area contributed by atoms with E-state index < -0.39 is 0 Å². The van der Waals surface area contributed by atoms with Crippen LogP contribution in [0.4, 0.5) is 0 Å². The molecule has 0 saturated carbocycles. The number of carbonyl (C=O) groups excluding carboxylic acids is 1. The first kappa shape index (κ1) is 17.9. The number of hydrogen-bond acceptors (Lipinski definition) is 4. The summed E-state index contributed by atoms with van der Waals surface area (Å²) in [4.78, 5) is 14.2. The van der Waals surface area contributed by atoms with Crippen LogP contribution in [-0.2, 0) is 0 Å². The highest BCUT2D eigenvalue weighted by atomic mass is 35.5. The minimum Gasteiger partial charge on any atom is -0.493 e. The zero-order chi connectivity index (χ0) is 17.5. The van der Waals surface area contributed by atoms with Gasteiger partial charge < -0.3 is 19.1 Å². The van der Waals surface area contributed by atoms with Gasteiger partial charge in [0.05, 0.1) is 31.4 Å². The van der Waals surface area contributed by atoms with E-state index in [4.69, 9.17) is 25.8 Å². The third kappa shape index (κ3) is 4.11. The van der Waals surface area contributed by atoms with Crippen molar-refractivity contribution in [3.8, 4) is 17.2 Å². The van der Waals surface area contributed by atoms with Crippen molar-refractivity contribution in [3.05, 3.63) is 53.1 Å². The van der Waals surface area contributed by atoms with E-state index in [0.29, 0.717) is 41.0 Å². The summed E-state index contributed by atoms with van der Waals surface area (Å²) in [5.74, 6) is 1.36. The molecule has 0 spiro atoms. The summed E-state index contributed by atoms with van der Waals surface area (Å²) in [5.41, 5.74) is 0.442. The predicted molar refractivity (Wildman–Crippen MR) is 93.5 cm³/mol. The van der Waals surface area contributed by atoms with Crippen LogP contribution >= 0.6 is 11.6 Å². The number of halogens is 1. The maximum absolute atomic E-state index is 12.6. The van der Waals surface area contributed by atoms with E-state index in [-0.39, 0.29) is 5.91 Å². The van der Waals surface area contributed by atoms with Crippen LogP contribution < -0.4 is 14.2 Å². The van der Waals surface area contributed by atoms with Gasteiger partial charge in [-0.25, -0.2) is 0 Å². The Kier molecular flexibility index (Phi) is 6.32. The Labute approximate surface area is 146 Å². The molecule has 2 rings (SSSR count). The van der Waals surface area contributed by atoms with E-state index in [0.717, 1.165) is 0 Å². The first-order valence-electron chi connectivity index (χ1n) is 7.42. The van der Waals surface area contributed by atoms with Crippen molar-refractivity contribution in [2.45, 2.75) is 0 Å². The summed E-state index contributed by atoms with van der Waals surface area (Å²) in [6.07, 6.45) is 0. The lowest BCUT2D eigenvalue weighted by atomic mass is 10.1. The Bertz CT molecular complexity index is 705. The zero-order valence-electron chi connectivity index (χ0n) is 13.9. The van der Waals surface area contributed by atoms with Crippen LogP contribution in [-0.4, -0.2) is 45.2 Å². The van der Waals surface area contributed by atoms with Gasteiger partial charge in [-0.1, -0.05) is 29.8 Å². The molecule has 0 aromatic heterocycles. The minimum atomic E-state index is -0.173. The van der Waals surface area contributed by atoms with E-state index in [1.165, 1.54) is 14.2 Å². The fourth-order valence-corrected chi connectivity index (χ4v) is 2.41. The normalized spacial score (nSPS) is 10.2. The number of para-hydroxylation sites is 2. The van der Waals surface area contributed by atoms with Crippen LogP contribution in [0.25, 0.3) is 0 Å². The summed E-state index contributed by atoms with van der Waals surface area (Å²) in [7, 11) is 4.75. The number of hydrogen-bond donors (Lipinski definition) is 0. The van der Waals surface area contributed by atoms with E-state index in [2.05, 4.69) is 0 Å². The lowest BCUT2D eigenvalue weighted by molar-refractivity contribution is 0.0770. The van der Waals surface area contributed by atoms with Crippen LogP contribution in [0, 0.1) is 0 Å². The van der Waals surface area contributed by atoms with Crippen LogP contribution in [0.1, 0.15) is 10.4 Å². The monoisotopic (exact) mass is 349 g/mol. The van der Waals surface area contributed by atoms with Gasteiger partial charge in [0.15, 0.2) is 11.5 Å². The molecule has 0 aliphatic heterocycles. The van der Waals surface area contributed by atoms with Gasteiger partial charge in [0.1, 0.15) is 12.4 Å². The molecule has 0 heterocycles. The van der Waals surface area contributed by atoms with Gasteiger partial charge in [-0.05, 0) is 24.3 Å².